The van der Waals surface area contributed by atoms with Crippen LogP contribution in [0.3, 0.4) is 0 Å². The van der Waals surface area contributed by atoms with Gasteiger partial charge in [-0.15, -0.1) is 0 Å². The van der Waals surface area contributed by atoms with Crippen molar-refractivity contribution < 1.29 is 0 Å². The molecular formula is C31H36N2. The van der Waals surface area contributed by atoms with Crippen molar-refractivity contribution >= 4 is 16.5 Å². The molecule has 2 nitrogen and oxygen atoms in total. The van der Waals surface area contributed by atoms with Crippen LogP contribution < -0.4 is 4.90 Å². The summed E-state index contributed by atoms with van der Waals surface area (Å²) in [5.41, 5.74) is 6.35. The van der Waals surface area contributed by atoms with E-state index in [1.54, 1.807) is 0 Å². The molecule has 0 atom stereocenters. The number of hydrogen-bond acceptors (Lipinski definition) is 2. The van der Waals surface area contributed by atoms with Gasteiger partial charge in [0.25, 0.3) is 0 Å². The van der Waals surface area contributed by atoms with Crippen LogP contribution in [0.15, 0.2) is 85.2 Å². The molecule has 0 aliphatic heterocycles. The number of hydrogen-bond donors (Lipinski definition) is 0. The highest BCUT2D eigenvalue weighted by Gasteiger charge is 2.18. The Morgan fingerprint density at radius 1 is 0.667 bits per heavy atom. The van der Waals surface area contributed by atoms with Gasteiger partial charge in [0.2, 0.25) is 0 Å². The molecule has 0 N–H and O–H groups in total. The first-order valence-electron chi connectivity index (χ1n) is 12.6. The third-order valence-electron chi connectivity index (χ3n) is 6.49. The second-order valence-electron chi connectivity index (χ2n) is 8.87. The number of benzene rings is 3. The second kappa shape index (κ2) is 11.7. The topological polar surface area (TPSA) is 16.1 Å². The summed E-state index contributed by atoms with van der Waals surface area (Å²) in [5.74, 6) is 0. The van der Waals surface area contributed by atoms with Gasteiger partial charge in [-0.1, -0.05) is 106 Å². The van der Waals surface area contributed by atoms with Crippen LogP contribution >= 0.6 is 0 Å². The van der Waals surface area contributed by atoms with Crippen molar-refractivity contribution in [2.75, 3.05) is 18.0 Å². The summed E-state index contributed by atoms with van der Waals surface area (Å²) in [5, 5.41) is 2.56. The van der Waals surface area contributed by atoms with Gasteiger partial charge in [-0.25, -0.2) is 0 Å². The summed E-state index contributed by atoms with van der Waals surface area (Å²) < 4.78 is 0. The van der Waals surface area contributed by atoms with Crippen LogP contribution in [-0.4, -0.2) is 18.1 Å². The zero-order chi connectivity index (χ0) is 22.9. The van der Waals surface area contributed by atoms with Crippen molar-refractivity contribution in [3.8, 4) is 22.3 Å². The van der Waals surface area contributed by atoms with Crippen molar-refractivity contribution in [2.24, 2.45) is 0 Å². The molecule has 4 rings (SSSR count). The van der Waals surface area contributed by atoms with Gasteiger partial charge in [0.1, 0.15) is 0 Å². The maximum Gasteiger partial charge on any atom is 0.0477 e. The highest BCUT2D eigenvalue weighted by Crippen LogP contribution is 2.42. The van der Waals surface area contributed by atoms with E-state index in [9.17, 15) is 0 Å². The van der Waals surface area contributed by atoms with E-state index in [0.29, 0.717) is 0 Å². The fourth-order valence-electron chi connectivity index (χ4n) is 4.73. The molecule has 33 heavy (non-hydrogen) atoms. The monoisotopic (exact) mass is 436 g/mol. The Kier molecular flexibility index (Phi) is 8.14. The van der Waals surface area contributed by atoms with Crippen molar-refractivity contribution in [1.29, 1.82) is 0 Å². The molecule has 0 bridgehead atoms. The summed E-state index contributed by atoms with van der Waals surface area (Å²) in [6.07, 6.45) is 11.5. The number of pyridine rings is 1. The number of anilines is 1. The smallest absolute Gasteiger partial charge is 0.0477 e. The van der Waals surface area contributed by atoms with Gasteiger partial charge in [0, 0.05) is 42.3 Å². The summed E-state index contributed by atoms with van der Waals surface area (Å²) in [4.78, 5) is 7.22. The zero-order valence-electron chi connectivity index (χ0n) is 20.1. The zero-order valence-corrected chi connectivity index (χ0v) is 20.1. The van der Waals surface area contributed by atoms with Gasteiger partial charge in [0.15, 0.2) is 0 Å². The average molecular weight is 437 g/mol. The lowest BCUT2D eigenvalue weighted by molar-refractivity contribution is 0.637. The number of aromatic nitrogens is 1. The van der Waals surface area contributed by atoms with Crippen molar-refractivity contribution in [1.82, 2.24) is 4.98 Å². The Bertz CT molecular complexity index is 1140. The van der Waals surface area contributed by atoms with Gasteiger partial charge in [-0.2, -0.15) is 0 Å². The van der Waals surface area contributed by atoms with E-state index < -0.39 is 0 Å². The molecule has 0 saturated heterocycles. The van der Waals surface area contributed by atoms with E-state index in [2.05, 4.69) is 103 Å². The van der Waals surface area contributed by atoms with Crippen LogP contribution in [0.25, 0.3) is 33.0 Å². The predicted molar refractivity (Wildman–Crippen MR) is 144 cm³/mol. The van der Waals surface area contributed by atoms with Crippen LogP contribution in [0.4, 0.5) is 5.69 Å². The van der Waals surface area contributed by atoms with E-state index in [0.717, 1.165) is 13.1 Å². The van der Waals surface area contributed by atoms with E-state index in [-0.39, 0.29) is 0 Å². The third-order valence-corrected chi connectivity index (χ3v) is 6.49. The molecular weight excluding hydrogens is 400 g/mol. The molecule has 0 saturated carbocycles. The lowest BCUT2D eigenvalue weighted by Gasteiger charge is -2.28. The van der Waals surface area contributed by atoms with Crippen molar-refractivity contribution in [2.45, 2.75) is 52.4 Å². The average Bonchev–Trinajstić information content (AvgIpc) is 2.88. The molecule has 3 aromatic carbocycles. The van der Waals surface area contributed by atoms with Gasteiger partial charge in [-0.05, 0) is 40.8 Å². The third kappa shape index (κ3) is 5.45. The van der Waals surface area contributed by atoms with Crippen LogP contribution in [0.1, 0.15) is 52.4 Å². The maximum atomic E-state index is 4.61. The van der Waals surface area contributed by atoms with Crippen LogP contribution in [-0.2, 0) is 0 Å². The number of fused-ring (bicyclic) bond motifs is 1. The van der Waals surface area contributed by atoms with Crippen molar-refractivity contribution in [3.63, 3.8) is 0 Å². The Morgan fingerprint density at radius 2 is 1.36 bits per heavy atom. The molecule has 0 aliphatic carbocycles. The first-order chi connectivity index (χ1) is 16.3. The molecule has 0 aliphatic rings. The van der Waals surface area contributed by atoms with Gasteiger partial charge in [0.05, 0.1) is 0 Å². The van der Waals surface area contributed by atoms with Gasteiger partial charge in [-0.3, -0.25) is 4.98 Å². The minimum atomic E-state index is 1.10. The quantitative estimate of drug-likeness (QED) is 0.218. The number of nitrogens with zero attached hydrogens (tertiary/aromatic N) is 2. The Morgan fingerprint density at radius 3 is 2.09 bits per heavy atom. The van der Waals surface area contributed by atoms with Crippen LogP contribution in [0, 0.1) is 0 Å². The van der Waals surface area contributed by atoms with Crippen molar-refractivity contribution in [3.05, 3.63) is 85.2 Å². The van der Waals surface area contributed by atoms with E-state index in [1.165, 1.54) is 77.2 Å². The molecule has 0 radical (unpaired) electrons. The summed E-state index contributed by atoms with van der Waals surface area (Å²) in [6, 6.07) is 26.3. The highest BCUT2D eigenvalue weighted by molar-refractivity contribution is 6.06. The minimum Gasteiger partial charge on any atom is -0.371 e. The van der Waals surface area contributed by atoms with Gasteiger partial charge >= 0.3 is 0 Å². The fourth-order valence-corrected chi connectivity index (χ4v) is 4.73. The maximum absolute atomic E-state index is 4.61. The molecule has 2 heteroatoms. The summed E-state index contributed by atoms with van der Waals surface area (Å²) in [6.45, 7) is 6.75. The molecule has 1 aromatic heterocycles. The molecule has 0 unspecified atom stereocenters. The number of unbranched alkanes of at least 4 members (excludes halogenated alkanes) is 4. The lowest BCUT2D eigenvalue weighted by atomic mass is 9.89. The normalized spacial score (nSPS) is 11.1. The first-order valence-corrected chi connectivity index (χ1v) is 12.6. The van der Waals surface area contributed by atoms with E-state index in [4.69, 9.17) is 0 Å². The Labute approximate surface area is 199 Å². The van der Waals surface area contributed by atoms with E-state index in [1.807, 2.05) is 6.20 Å². The summed E-state index contributed by atoms with van der Waals surface area (Å²) >= 11 is 0. The molecule has 4 aromatic rings. The second-order valence-corrected chi connectivity index (χ2v) is 8.87. The van der Waals surface area contributed by atoms with Crippen LogP contribution in [0.2, 0.25) is 0 Å². The molecule has 170 valence electrons. The molecule has 0 fully saturated rings. The minimum absolute atomic E-state index is 1.10. The van der Waals surface area contributed by atoms with E-state index >= 15 is 0 Å². The fraction of sp³-hybridized carbons (Fsp3) is 0.323. The SMILES string of the molecule is CCCCCN(CCCCC)c1ccncc1-c1c(-c2ccccc2)ccc2ccccc12. The standard InChI is InChI=1S/C31H36N2/c1-3-5-12-22-33(23-13-6-4-2)30-20-21-32-24-29(30)31-27-17-11-10-16-26(27)18-19-28(31)25-14-8-7-9-15-25/h7-11,14-21,24H,3-6,12-13,22-23H2,1-2H3. The molecule has 0 spiro atoms. The highest BCUT2D eigenvalue weighted by atomic mass is 15.1. The predicted octanol–water partition coefficient (Wildman–Crippen LogP) is 8.76. The first kappa shape index (κ1) is 23.0. The lowest BCUT2D eigenvalue weighted by Crippen LogP contribution is -2.26. The van der Waals surface area contributed by atoms with Crippen LogP contribution in [0.5, 0.6) is 0 Å². The largest absolute Gasteiger partial charge is 0.371 e. The Hall–Kier alpha value is -3.13. The summed E-state index contributed by atoms with van der Waals surface area (Å²) in [7, 11) is 0. The van der Waals surface area contributed by atoms with Gasteiger partial charge < -0.3 is 4.90 Å². The molecule has 0 amide bonds. The Balaban J connectivity index is 1.88. The number of rotatable bonds is 11. The molecule has 1 heterocycles.